The van der Waals surface area contributed by atoms with Crippen molar-refractivity contribution < 1.29 is 14.2 Å². The van der Waals surface area contributed by atoms with Crippen molar-refractivity contribution in [3.05, 3.63) is 40.0 Å². The van der Waals surface area contributed by atoms with Crippen LogP contribution in [0.25, 0.3) is 10.7 Å². The van der Waals surface area contributed by atoms with Crippen molar-refractivity contribution in [2.24, 2.45) is 0 Å². The van der Waals surface area contributed by atoms with Gasteiger partial charge in [-0.15, -0.1) is 11.3 Å². The van der Waals surface area contributed by atoms with Gasteiger partial charge in [-0.05, 0) is 36.8 Å². The number of aromatic nitrogens is 3. The second-order valence-electron chi connectivity index (χ2n) is 5.91. The molecule has 0 saturated carbocycles. The number of ether oxygens (including phenoxy) is 3. The molecule has 7 nitrogen and oxygen atoms in total. The summed E-state index contributed by atoms with van der Waals surface area (Å²) in [6.07, 6.45) is 0. The van der Waals surface area contributed by atoms with E-state index in [1.54, 1.807) is 32.7 Å². The maximum atomic E-state index is 5.56. The third-order valence-corrected chi connectivity index (χ3v) is 5.23. The zero-order chi connectivity index (χ0) is 19.4. The summed E-state index contributed by atoms with van der Waals surface area (Å²) in [4.78, 5) is 7.61. The molecule has 1 aromatic carbocycles. The van der Waals surface area contributed by atoms with Crippen molar-refractivity contribution in [1.82, 2.24) is 19.7 Å². The first-order valence-electron chi connectivity index (χ1n) is 8.24. The molecule has 27 heavy (non-hydrogen) atoms. The molecular formula is C18H22N4O3S2. The number of hydrogen-bond acceptors (Lipinski definition) is 7. The predicted molar refractivity (Wildman–Crippen MR) is 108 cm³/mol. The van der Waals surface area contributed by atoms with E-state index in [9.17, 15) is 0 Å². The average molecular weight is 407 g/mol. The summed E-state index contributed by atoms with van der Waals surface area (Å²) in [5.74, 6) is 2.67. The molecule has 0 amide bonds. The van der Waals surface area contributed by atoms with Crippen LogP contribution in [0.15, 0.2) is 29.6 Å². The number of methoxy groups -OCH3 is 3. The lowest BCUT2D eigenvalue weighted by atomic mass is 10.1. The first-order chi connectivity index (χ1) is 13.1. The maximum Gasteiger partial charge on any atom is 0.217 e. The molecule has 0 fully saturated rings. The molecule has 0 unspecified atom stereocenters. The number of hydrogen-bond donors (Lipinski definition) is 1. The van der Waals surface area contributed by atoms with Gasteiger partial charge in [0, 0.05) is 12.1 Å². The van der Waals surface area contributed by atoms with Gasteiger partial charge in [0.1, 0.15) is 0 Å². The molecule has 0 radical (unpaired) electrons. The van der Waals surface area contributed by atoms with Crippen LogP contribution in [0.1, 0.15) is 5.56 Å². The molecule has 0 saturated heterocycles. The normalized spacial score (nSPS) is 11.0. The Labute approximate surface area is 167 Å². The largest absolute Gasteiger partial charge is 0.493 e. The van der Waals surface area contributed by atoms with Crippen LogP contribution in [0, 0.1) is 4.77 Å². The van der Waals surface area contributed by atoms with E-state index < -0.39 is 0 Å². The van der Waals surface area contributed by atoms with Crippen molar-refractivity contribution in [2.45, 2.75) is 13.2 Å². The maximum absolute atomic E-state index is 5.56. The fraction of sp³-hybridized carbons (Fsp3) is 0.333. The lowest BCUT2D eigenvalue weighted by Crippen LogP contribution is -2.23. The topological polar surface area (TPSA) is 64.5 Å². The van der Waals surface area contributed by atoms with Crippen molar-refractivity contribution in [3.8, 4) is 28.0 Å². The van der Waals surface area contributed by atoms with Gasteiger partial charge in [-0.1, -0.05) is 12.1 Å². The van der Waals surface area contributed by atoms with E-state index >= 15 is 0 Å². The van der Waals surface area contributed by atoms with Gasteiger partial charge in [0.15, 0.2) is 17.3 Å². The Morgan fingerprint density at radius 3 is 2.56 bits per heavy atom. The number of H-pyrrole nitrogens is 1. The average Bonchev–Trinajstić information content (AvgIpc) is 3.31. The highest BCUT2D eigenvalue weighted by Gasteiger charge is 2.17. The van der Waals surface area contributed by atoms with E-state index in [-0.39, 0.29) is 0 Å². The van der Waals surface area contributed by atoms with Crippen LogP contribution in [-0.4, -0.2) is 48.0 Å². The predicted octanol–water partition coefficient (Wildman–Crippen LogP) is 3.78. The van der Waals surface area contributed by atoms with Crippen LogP contribution in [0.2, 0.25) is 0 Å². The molecule has 0 atom stereocenters. The number of rotatable bonds is 8. The van der Waals surface area contributed by atoms with Gasteiger partial charge in [-0.2, -0.15) is 4.98 Å². The summed E-state index contributed by atoms with van der Waals surface area (Å²) in [6.45, 7) is 1.20. The molecule has 1 N–H and O–H groups in total. The lowest BCUT2D eigenvalue weighted by molar-refractivity contribution is 0.239. The lowest BCUT2D eigenvalue weighted by Gasteiger charge is -2.20. The smallest absolute Gasteiger partial charge is 0.217 e. The highest BCUT2D eigenvalue weighted by Crippen LogP contribution is 2.40. The summed E-state index contributed by atoms with van der Waals surface area (Å²) in [7, 11) is 6.83. The summed E-state index contributed by atoms with van der Waals surface area (Å²) in [6, 6.07) is 7.85. The second kappa shape index (κ2) is 8.55. The number of thiophene rings is 1. The van der Waals surface area contributed by atoms with E-state index in [1.165, 1.54) is 0 Å². The van der Waals surface area contributed by atoms with Crippen LogP contribution >= 0.6 is 23.6 Å². The van der Waals surface area contributed by atoms with Gasteiger partial charge in [0.2, 0.25) is 10.5 Å². The van der Waals surface area contributed by atoms with Gasteiger partial charge in [0.05, 0.1) is 32.9 Å². The molecule has 3 aromatic rings. The van der Waals surface area contributed by atoms with E-state index in [2.05, 4.69) is 15.0 Å². The highest BCUT2D eigenvalue weighted by molar-refractivity contribution is 7.71. The molecule has 0 aliphatic heterocycles. The van der Waals surface area contributed by atoms with Crippen LogP contribution in [0.3, 0.4) is 0 Å². The Bertz CT molecular complexity index is 950. The van der Waals surface area contributed by atoms with Gasteiger partial charge in [-0.3, -0.25) is 10.00 Å². The van der Waals surface area contributed by atoms with Crippen LogP contribution in [0.4, 0.5) is 0 Å². The molecule has 2 aromatic heterocycles. The van der Waals surface area contributed by atoms with Crippen LogP contribution < -0.4 is 14.2 Å². The Hall–Kier alpha value is -2.36. The first kappa shape index (κ1) is 19.4. The molecule has 3 rings (SSSR count). The molecule has 0 aliphatic carbocycles. The Kier molecular flexibility index (Phi) is 6.15. The molecule has 0 bridgehead atoms. The molecular weight excluding hydrogens is 384 g/mol. The summed E-state index contributed by atoms with van der Waals surface area (Å²) < 4.78 is 18.7. The first-order valence-corrected chi connectivity index (χ1v) is 9.53. The second-order valence-corrected chi connectivity index (χ2v) is 7.22. The standard InChI is InChI=1S/C18H22N4O3S2/c1-21(10-12-7-8-13(23-2)16(25-4)15(12)24-3)11-22-18(26)19-17(20-22)14-6-5-9-27-14/h5-9H,10-11H2,1-4H3,(H,19,20,26). The minimum absolute atomic E-state index is 0.518. The Morgan fingerprint density at radius 2 is 1.93 bits per heavy atom. The molecule has 2 heterocycles. The zero-order valence-electron chi connectivity index (χ0n) is 15.7. The van der Waals surface area contributed by atoms with Crippen LogP contribution in [0.5, 0.6) is 17.2 Å². The molecule has 0 spiro atoms. The molecule has 144 valence electrons. The fourth-order valence-electron chi connectivity index (χ4n) is 2.85. The third kappa shape index (κ3) is 4.15. The number of nitrogens with one attached hydrogen (secondary N) is 1. The van der Waals surface area contributed by atoms with E-state index in [0.29, 0.717) is 35.2 Å². The molecule has 9 heteroatoms. The van der Waals surface area contributed by atoms with Crippen molar-refractivity contribution >= 4 is 23.6 Å². The van der Waals surface area contributed by atoms with E-state index in [1.807, 2.05) is 41.4 Å². The minimum atomic E-state index is 0.518. The van der Waals surface area contributed by atoms with Crippen molar-refractivity contribution in [3.63, 3.8) is 0 Å². The van der Waals surface area contributed by atoms with E-state index in [4.69, 9.17) is 26.4 Å². The van der Waals surface area contributed by atoms with Crippen molar-refractivity contribution in [1.29, 1.82) is 0 Å². The minimum Gasteiger partial charge on any atom is -0.493 e. The van der Waals surface area contributed by atoms with Gasteiger partial charge in [0.25, 0.3) is 0 Å². The number of benzene rings is 1. The van der Waals surface area contributed by atoms with Crippen molar-refractivity contribution in [2.75, 3.05) is 28.4 Å². The van der Waals surface area contributed by atoms with E-state index in [0.717, 1.165) is 16.3 Å². The fourth-order valence-corrected chi connectivity index (χ4v) is 3.70. The summed E-state index contributed by atoms with van der Waals surface area (Å²) in [5.41, 5.74) is 0.988. The van der Waals surface area contributed by atoms with Gasteiger partial charge in [-0.25, -0.2) is 4.68 Å². The number of aromatic amines is 1. The third-order valence-electron chi connectivity index (χ3n) is 4.04. The Morgan fingerprint density at radius 1 is 1.15 bits per heavy atom. The molecule has 0 aliphatic rings. The highest BCUT2D eigenvalue weighted by atomic mass is 32.1. The van der Waals surface area contributed by atoms with Crippen LogP contribution in [-0.2, 0) is 13.2 Å². The number of nitrogens with zero attached hydrogens (tertiary/aromatic N) is 3. The zero-order valence-corrected chi connectivity index (χ0v) is 17.3. The van der Waals surface area contributed by atoms with Gasteiger partial charge < -0.3 is 14.2 Å². The summed E-state index contributed by atoms with van der Waals surface area (Å²) >= 11 is 7.01. The summed E-state index contributed by atoms with van der Waals surface area (Å²) in [5, 5.41) is 5.28. The Balaban J connectivity index is 1.79. The monoisotopic (exact) mass is 406 g/mol. The van der Waals surface area contributed by atoms with Gasteiger partial charge >= 0.3 is 0 Å². The quantitative estimate of drug-likeness (QED) is 0.574. The SMILES string of the molecule is COc1ccc(CN(C)Cn2[nH]c(-c3cccs3)nc2=S)c(OC)c1OC.